The Kier molecular flexibility index (Phi) is 6.28. The normalized spacial score (nSPS) is 10.1. The molecule has 6 heteroatoms. The second kappa shape index (κ2) is 8.63. The number of nitrogens with one attached hydrogen (secondary N) is 1. The smallest absolute Gasteiger partial charge is 0.338 e. The van der Waals surface area contributed by atoms with Gasteiger partial charge in [-0.15, -0.1) is 0 Å². The zero-order chi connectivity index (χ0) is 18.2. The number of phenolic OH excluding ortho intramolecular Hbond substituents is 1. The number of hydrogen-bond acceptors (Lipinski definition) is 5. The van der Waals surface area contributed by atoms with Crippen LogP contribution in [0.15, 0.2) is 48.5 Å². The van der Waals surface area contributed by atoms with Crippen LogP contribution in [0.3, 0.4) is 0 Å². The minimum atomic E-state index is -0.642. The number of rotatable bonds is 7. The van der Waals surface area contributed by atoms with E-state index >= 15 is 0 Å². The highest BCUT2D eigenvalue weighted by atomic mass is 16.5. The van der Waals surface area contributed by atoms with Crippen LogP contribution in [-0.2, 0) is 9.53 Å². The lowest BCUT2D eigenvalue weighted by Crippen LogP contribution is -2.14. The maximum absolute atomic E-state index is 12.1. The first-order valence-corrected chi connectivity index (χ1v) is 7.89. The van der Waals surface area contributed by atoms with Gasteiger partial charge < -0.3 is 15.2 Å². The van der Waals surface area contributed by atoms with Gasteiger partial charge in [-0.3, -0.25) is 9.59 Å². The van der Waals surface area contributed by atoms with Crippen LogP contribution in [0.5, 0.6) is 5.75 Å². The predicted molar refractivity (Wildman–Crippen MR) is 92.7 cm³/mol. The van der Waals surface area contributed by atoms with E-state index in [-0.39, 0.29) is 29.6 Å². The molecule has 6 nitrogen and oxygen atoms in total. The summed E-state index contributed by atoms with van der Waals surface area (Å²) >= 11 is 0. The summed E-state index contributed by atoms with van der Waals surface area (Å²) in [7, 11) is 0. The minimum Gasteiger partial charge on any atom is -0.508 e. The van der Waals surface area contributed by atoms with Crippen LogP contribution >= 0.6 is 0 Å². The quantitative estimate of drug-likeness (QED) is 0.596. The monoisotopic (exact) mass is 341 g/mol. The Labute approximate surface area is 145 Å². The fourth-order valence-electron chi connectivity index (χ4n) is 2.09. The molecule has 0 saturated heterocycles. The van der Waals surface area contributed by atoms with Crippen LogP contribution in [0, 0.1) is 0 Å². The number of ether oxygens (including phenoxy) is 1. The molecular weight excluding hydrogens is 322 g/mol. The third-order valence-electron chi connectivity index (χ3n) is 3.41. The summed E-state index contributed by atoms with van der Waals surface area (Å²) in [6, 6.07) is 11.9. The van der Waals surface area contributed by atoms with Crippen LogP contribution in [0.25, 0.3) is 0 Å². The van der Waals surface area contributed by atoms with Crippen molar-refractivity contribution in [2.45, 2.75) is 19.8 Å². The van der Waals surface area contributed by atoms with Gasteiger partial charge in [0.15, 0.2) is 12.4 Å². The molecule has 2 N–H and O–H groups in total. The maximum atomic E-state index is 12.1. The number of hydrogen-bond donors (Lipinski definition) is 2. The first-order chi connectivity index (χ1) is 12.0. The summed E-state index contributed by atoms with van der Waals surface area (Å²) in [5, 5.41) is 11.9. The van der Waals surface area contributed by atoms with Gasteiger partial charge in [-0.05, 0) is 55.0 Å². The van der Waals surface area contributed by atoms with Crippen LogP contribution in [0.2, 0.25) is 0 Å². The van der Waals surface area contributed by atoms with Gasteiger partial charge in [-0.2, -0.15) is 0 Å². The number of Topliss-reactive ketones (excluding diaryl/α,β-unsaturated/α-hetero) is 1. The highest BCUT2D eigenvalue weighted by Crippen LogP contribution is 2.13. The molecular formula is C19H19NO5. The topological polar surface area (TPSA) is 92.7 Å². The molecule has 0 aliphatic heterocycles. The van der Waals surface area contributed by atoms with Crippen LogP contribution in [-0.4, -0.2) is 29.4 Å². The molecule has 0 bridgehead atoms. The van der Waals surface area contributed by atoms with Crippen molar-refractivity contribution in [2.75, 3.05) is 11.9 Å². The number of aromatic hydroxyl groups is 1. The molecule has 0 spiro atoms. The highest BCUT2D eigenvalue weighted by molar-refractivity contribution is 6.00. The summed E-state index contributed by atoms with van der Waals surface area (Å²) in [6.45, 7) is 1.53. The number of amides is 1. The van der Waals surface area contributed by atoms with E-state index in [4.69, 9.17) is 4.74 Å². The van der Waals surface area contributed by atoms with Crippen molar-refractivity contribution in [2.24, 2.45) is 0 Å². The Hall–Kier alpha value is -3.15. The Morgan fingerprint density at radius 2 is 1.56 bits per heavy atom. The first kappa shape index (κ1) is 18.2. The van der Waals surface area contributed by atoms with Crippen molar-refractivity contribution in [3.05, 3.63) is 59.7 Å². The van der Waals surface area contributed by atoms with Crippen molar-refractivity contribution in [1.29, 1.82) is 0 Å². The summed E-state index contributed by atoms with van der Waals surface area (Å²) in [6.07, 6.45) is 1.20. The summed E-state index contributed by atoms with van der Waals surface area (Å²) in [5.74, 6) is -1.03. The van der Waals surface area contributed by atoms with Crippen molar-refractivity contribution in [3.8, 4) is 5.75 Å². The van der Waals surface area contributed by atoms with E-state index in [9.17, 15) is 19.5 Å². The van der Waals surface area contributed by atoms with Crippen molar-refractivity contribution >= 4 is 23.3 Å². The zero-order valence-corrected chi connectivity index (χ0v) is 13.8. The van der Waals surface area contributed by atoms with Gasteiger partial charge in [-0.25, -0.2) is 4.79 Å². The Bertz CT molecular complexity index is 750. The number of carbonyl (C=O) groups excluding carboxylic acids is 3. The van der Waals surface area contributed by atoms with Gasteiger partial charge in [0.25, 0.3) is 0 Å². The molecule has 0 radical (unpaired) electrons. The fraction of sp³-hybridized carbons (Fsp3) is 0.211. The molecule has 0 aromatic heterocycles. The van der Waals surface area contributed by atoms with Crippen molar-refractivity contribution in [3.63, 3.8) is 0 Å². The van der Waals surface area contributed by atoms with E-state index in [0.29, 0.717) is 17.7 Å². The second-order valence-electron chi connectivity index (χ2n) is 5.42. The van der Waals surface area contributed by atoms with E-state index in [2.05, 4.69) is 5.32 Å². The average molecular weight is 341 g/mol. The second-order valence-corrected chi connectivity index (χ2v) is 5.42. The molecule has 2 aromatic rings. The lowest BCUT2D eigenvalue weighted by Gasteiger charge is -2.07. The van der Waals surface area contributed by atoms with E-state index in [1.165, 1.54) is 24.3 Å². The number of anilines is 1. The lowest BCUT2D eigenvalue weighted by atomic mass is 10.1. The number of benzene rings is 2. The standard InChI is InChI=1S/C19H19NO5/c1-2-3-18(23)20-15-8-4-13(5-9-15)17(22)12-25-19(24)14-6-10-16(21)11-7-14/h4-11,21H,2-3,12H2,1H3,(H,20,23). The third-order valence-corrected chi connectivity index (χ3v) is 3.41. The number of phenols is 1. The van der Waals surface area contributed by atoms with Crippen molar-refractivity contribution in [1.82, 2.24) is 0 Å². The van der Waals surface area contributed by atoms with E-state index in [1.807, 2.05) is 6.92 Å². The number of carbonyl (C=O) groups is 3. The largest absolute Gasteiger partial charge is 0.508 e. The zero-order valence-electron chi connectivity index (χ0n) is 13.8. The molecule has 1 amide bonds. The van der Waals surface area contributed by atoms with Gasteiger partial charge in [0.05, 0.1) is 5.56 Å². The molecule has 0 aliphatic carbocycles. The van der Waals surface area contributed by atoms with E-state index in [1.54, 1.807) is 24.3 Å². The molecule has 0 atom stereocenters. The minimum absolute atomic E-state index is 0.0405. The fourth-order valence-corrected chi connectivity index (χ4v) is 2.09. The van der Waals surface area contributed by atoms with Gasteiger partial charge in [0.1, 0.15) is 5.75 Å². The molecule has 0 unspecified atom stereocenters. The highest BCUT2D eigenvalue weighted by Gasteiger charge is 2.12. The summed E-state index contributed by atoms with van der Waals surface area (Å²) < 4.78 is 4.97. The lowest BCUT2D eigenvalue weighted by molar-refractivity contribution is -0.116. The molecule has 0 aliphatic rings. The Morgan fingerprint density at radius 1 is 0.960 bits per heavy atom. The van der Waals surface area contributed by atoms with E-state index in [0.717, 1.165) is 6.42 Å². The SMILES string of the molecule is CCCC(=O)Nc1ccc(C(=O)COC(=O)c2ccc(O)cc2)cc1. The molecule has 0 fully saturated rings. The molecule has 2 aromatic carbocycles. The predicted octanol–water partition coefficient (Wildman–Crippen LogP) is 3.17. The number of esters is 1. The van der Waals surface area contributed by atoms with Gasteiger partial charge >= 0.3 is 5.97 Å². The van der Waals surface area contributed by atoms with Crippen LogP contribution in [0.4, 0.5) is 5.69 Å². The van der Waals surface area contributed by atoms with Crippen LogP contribution < -0.4 is 5.32 Å². The van der Waals surface area contributed by atoms with Crippen molar-refractivity contribution < 1.29 is 24.2 Å². The molecule has 25 heavy (non-hydrogen) atoms. The van der Waals surface area contributed by atoms with Gasteiger partial charge in [-0.1, -0.05) is 6.92 Å². The molecule has 0 heterocycles. The van der Waals surface area contributed by atoms with Gasteiger partial charge in [0, 0.05) is 17.7 Å². The van der Waals surface area contributed by atoms with E-state index < -0.39 is 5.97 Å². The Balaban J connectivity index is 1.89. The molecule has 2 rings (SSSR count). The molecule has 0 saturated carbocycles. The first-order valence-electron chi connectivity index (χ1n) is 7.89. The summed E-state index contributed by atoms with van der Waals surface area (Å²) in [4.78, 5) is 35.4. The maximum Gasteiger partial charge on any atom is 0.338 e. The summed E-state index contributed by atoms with van der Waals surface area (Å²) in [5.41, 5.74) is 1.24. The Morgan fingerprint density at radius 3 is 2.16 bits per heavy atom. The molecule has 130 valence electrons. The van der Waals surface area contributed by atoms with Crippen LogP contribution in [0.1, 0.15) is 40.5 Å². The number of ketones is 1. The third kappa shape index (κ3) is 5.46. The van der Waals surface area contributed by atoms with Gasteiger partial charge in [0.2, 0.25) is 5.91 Å². The average Bonchev–Trinajstić information content (AvgIpc) is 2.61.